The molecule has 0 aromatic heterocycles. The molecule has 0 saturated carbocycles. The van der Waals surface area contributed by atoms with Crippen LogP contribution < -0.4 is 0 Å². The molecule has 2 unspecified atom stereocenters. The van der Waals surface area contributed by atoms with Crippen LogP contribution in [0, 0.1) is 11.8 Å². The number of carbonyl (C=O) groups excluding carboxylic acids is 1. The molecule has 0 spiro atoms. The van der Waals surface area contributed by atoms with Crippen molar-refractivity contribution in [3.05, 3.63) is 35.4 Å². The SMILES string of the molecule is CCC1CCC(C)N1C(=O)c1cccc(C#CCO)c1. The molecule has 2 atom stereocenters. The van der Waals surface area contributed by atoms with Crippen molar-refractivity contribution in [1.82, 2.24) is 4.90 Å². The number of amides is 1. The molecular formula is C17H21NO2. The number of benzene rings is 1. The standard InChI is InChI=1S/C17H21NO2/c1-3-16-10-9-13(2)18(16)17(20)15-8-4-6-14(12-15)7-5-11-19/h4,6,8,12-13,16,19H,3,9-11H2,1-2H3. The lowest BCUT2D eigenvalue weighted by Gasteiger charge is -2.28. The smallest absolute Gasteiger partial charge is 0.254 e. The predicted octanol–water partition coefficient (Wildman–Crippen LogP) is 2.43. The van der Waals surface area contributed by atoms with Gasteiger partial charge in [0.2, 0.25) is 0 Å². The van der Waals surface area contributed by atoms with Crippen molar-refractivity contribution in [2.45, 2.75) is 45.2 Å². The molecule has 106 valence electrons. The Hall–Kier alpha value is -1.79. The van der Waals surface area contributed by atoms with E-state index in [1.807, 2.05) is 29.2 Å². The fraction of sp³-hybridized carbons (Fsp3) is 0.471. The maximum Gasteiger partial charge on any atom is 0.254 e. The van der Waals surface area contributed by atoms with Gasteiger partial charge in [0.05, 0.1) is 0 Å². The summed E-state index contributed by atoms with van der Waals surface area (Å²) in [5.41, 5.74) is 1.45. The van der Waals surface area contributed by atoms with Crippen LogP contribution in [0.2, 0.25) is 0 Å². The minimum atomic E-state index is -0.167. The maximum absolute atomic E-state index is 12.7. The first-order chi connectivity index (χ1) is 9.67. The van der Waals surface area contributed by atoms with E-state index in [4.69, 9.17) is 5.11 Å². The summed E-state index contributed by atoms with van der Waals surface area (Å²) >= 11 is 0. The predicted molar refractivity (Wildman–Crippen MR) is 79.4 cm³/mol. The Morgan fingerprint density at radius 2 is 2.25 bits per heavy atom. The van der Waals surface area contributed by atoms with E-state index in [9.17, 15) is 4.79 Å². The largest absolute Gasteiger partial charge is 0.384 e. The van der Waals surface area contributed by atoms with Gasteiger partial charge in [-0.2, -0.15) is 0 Å². The van der Waals surface area contributed by atoms with Crippen LogP contribution in [-0.4, -0.2) is 34.6 Å². The fourth-order valence-electron chi connectivity index (χ4n) is 2.86. The van der Waals surface area contributed by atoms with Crippen molar-refractivity contribution >= 4 is 5.91 Å². The van der Waals surface area contributed by atoms with Crippen LogP contribution in [0.1, 0.15) is 49.0 Å². The number of rotatable bonds is 2. The van der Waals surface area contributed by atoms with Gasteiger partial charge in [-0.25, -0.2) is 0 Å². The van der Waals surface area contributed by atoms with Gasteiger partial charge in [-0.1, -0.05) is 24.8 Å². The molecule has 2 rings (SSSR count). The molecular weight excluding hydrogens is 250 g/mol. The van der Waals surface area contributed by atoms with Crippen LogP contribution in [0.25, 0.3) is 0 Å². The molecule has 0 radical (unpaired) electrons. The zero-order valence-corrected chi connectivity index (χ0v) is 12.1. The molecule has 1 aliphatic rings. The second-order valence-electron chi connectivity index (χ2n) is 5.24. The van der Waals surface area contributed by atoms with Crippen LogP contribution in [0.3, 0.4) is 0 Å². The lowest BCUT2D eigenvalue weighted by atomic mass is 10.1. The van der Waals surface area contributed by atoms with Crippen molar-refractivity contribution < 1.29 is 9.90 Å². The first-order valence-corrected chi connectivity index (χ1v) is 7.19. The van der Waals surface area contributed by atoms with Gasteiger partial charge in [0.25, 0.3) is 5.91 Å². The van der Waals surface area contributed by atoms with Crippen molar-refractivity contribution in [2.24, 2.45) is 0 Å². The Morgan fingerprint density at radius 1 is 1.45 bits per heavy atom. The summed E-state index contributed by atoms with van der Waals surface area (Å²) in [6.07, 6.45) is 3.17. The van der Waals surface area contributed by atoms with E-state index in [-0.39, 0.29) is 12.5 Å². The second-order valence-corrected chi connectivity index (χ2v) is 5.24. The van der Waals surface area contributed by atoms with Crippen molar-refractivity contribution in [3.63, 3.8) is 0 Å². The quantitative estimate of drug-likeness (QED) is 0.839. The molecule has 1 N–H and O–H groups in total. The summed E-state index contributed by atoms with van der Waals surface area (Å²) in [7, 11) is 0. The lowest BCUT2D eigenvalue weighted by Crippen LogP contribution is -2.39. The summed E-state index contributed by atoms with van der Waals surface area (Å²) < 4.78 is 0. The number of likely N-dealkylation sites (tertiary alicyclic amines) is 1. The van der Waals surface area contributed by atoms with E-state index in [2.05, 4.69) is 25.7 Å². The highest BCUT2D eigenvalue weighted by molar-refractivity contribution is 5.95. The minimum absolute atomic E-state index is 0.0921. The van der Waals surface area contributed by atoms with Crippen LogP contribution in [0.15, 0.2) is 24.3 Å². The van der Waals surface area contributed by atoms with E-state index in [0.717, 1.165) is 24.8 Å². The van der Waals surface area contributed by atoms with Crippen molar-refractivity contribution in [3.8, 4) is 11.8 Å². The minimum Gasteiger partial charge on any atom is -0.384 e. The molecule has 1 heterocycles. The Kier molecular flexibility index (Phi) is 4.81. The highest BCUT2D eigenvalue weighted by atomic mass is 16.2. The van der Waals surface area contributed by atoms with Crippen molar-refractivity contribution in [1.29, 1.82) is 0 Å². The Bertz CT molecular complexity index is 541. The molecule has 1 aromatic rings. The summed E-state index contributed by atoms with van der Waals surface area (Å²) in [5.74, 6) is 5.55. The van der Waals surface area contributed by atoms with E-state index < -0.39 is 0 Å². The molecule has 20 heavy (non-hydrogen) atoms. The normalized spacial score (nSPS) is 21.4. The van der Waals surface area contributed by atoms with Crippen LogP contribution >= 0.6 is 0 Å². The average molecular weight is 271 g/mol. The van der Waals surface area contributed by atoms with E-state index in [1.165, 1.54) is 0 Å². The molecule has 3 heteroatoms. The van der Waals surface area contributed by atoms with Gasteiger partial charge in [-0.3, -0.25) is 4.79 Å². The van der Waals surface area contributed by atoms with Gasteiger partial charge < -0.3 is 10.0 Å². The molecule has 1 aromatic carbocycles. The first kappa shape index (κ1) is 14.6. The fourth-order valence-corrected chi connectivity index (χ4v) is 2.86. The highest BCUT2D eigenvalue weighted by Gasteiger charge is 2.33. The summed E-state index contributed by atoms with van der Waals surface area (Å²) in [6.45, 7) is 4.08. The molecule has 0 bridgehead atoms. The molecule has 3 nitrogen and oxygen atoms in total. The molecule has 1 saturated heterocycles. The molecule has 1 amide bonds. The van der Waals surface area contributed by atoms with Gasteiger partial charge in [0.1, 0.15) is 6.61 Å². The number of aliphatic hydroxyl groups is 1. The Balaban J connectivity index is 2.24. The summed E-state index contributed by atoms with van der Waals surface area (Å²) in [4.78, 5) is 14.7. The van der Waals surface area contributed by atoms with Crippen LogP contribution in [0.5, 0.6) is 0 Å². The van der Waals surface area contributed by atoms with E-state index >= 15 is 0 Å². The maximum atomic E-state index is 12.7. The van der Waals surface area contributed by atoms with Gasteiger partial charge in [0, 0.05) is 23.2 Å². The average Bonchev–Trinajstić information content (AvgIpc) is 2.85. The third-order valence-electron chi connectivity index (χ3n) is 3.91. The van der Waals surface area contributed by atoms with Gasteiger partial charge in [-0.15, -0.1) is 0 Å². The third kappa shape index (κ3) is 3.02. The summed E-state index contributed by atoms with van der Waals surface area (Å²) in [6, 6.07) is 8.00. The Morgan fingerprint density at radius 3 is 2.95 bits per heavy atom. The van der Waals surface area contributed by atoms with Crippen LogP contribution in [0.4, 0.5) is 0 Å². The van der Waals surface area contributed by atoms with E-state index in [1.54, 1.807) is 0 Å². The topological polar surface area (TPSA) is 40.5 Å². The molecule has 1 fully saturated rings. The van der Waals surface area contributed by atoms with Crippen LogP contribution in [-0.2, 0) is 0 Å². The summed E-state index contributed by atoms with van der Waals surface area (Å²) in [5, 5.41) is 8.73. The second kappa shape index (κ2) is 6.58. The number of hydrogen-bond donors (Lipinski definition) is 1. The van der Waals surface area contributed by atoms with Crippen molar-refractivity contribution in [2.75, 3.05) is 6.61 Å². The van der Waals surface area contributed by atoms with E-state index in [0.29, 0.717) is 17.6 Å². The monoisotopic (exact) mass is 271 g/mol. The Labute approximate surface area is 120 Å². The number of hydrogen-bond acceptors (Lipinski definition) is 2. The zero-order valence-electron chi connectivity index (χ0n) is 12.1. The highest BCUT2D eigenvalue weighted by Crippen LogP contribution is 2.27. The number of carbonyl (C=O) groups is 1. The molecule has 1 aliphatic heterocycles. The third-order valence-corrected chi connectivity index (χ3v) is 3.91. The van der Waals surface area contributed by atoms with Gasteiger partial charge in [-0.05, 0) is 44.4 Å². The van der Waals surface area contributed by atoms with Gasteiger partial charge >= 0.3 is 0 Å². The number of nitrogens with zero attached hydrogens (tertiary/aromatic N) is 1. The zero-order chi connectivity index (χ0) is 14.5. The van der Waals surface area contributed by atoms with Gasteiger partial charge in [0.15, 0.2) is 0 Å². The lowest BCUT2D eigenvalue weighted by molar-refractivity contribution is 0.0676. The number of aliphatic hydroxyl groups excluding tert-OH is 1. The molecule has 0 aliphatic carbocycles. The first-order valence-electron chi connectivity index (χ1n) is 7.19.